The van der Waals surface area contributed by atoms with Crippen molar-refractivity contribution in [3.05, 3.63) is 42.5 Å². The van der Waals surface area contributed by atoms with Gasteiger partial charge in [0.05, 0.1) is 24.6 Å². The summed E-state index contributed by atoms with van der Waals surface area (Å²) in [4.78, 5) is 15.3. The quantitative estimate of drug-likeness (QED) is 0.860. The number of hydrogen-bond donors (Lipinski definition) is 1. The van der Waals surface area contributed by atoms with Crippen molar-refractivity contribution < 1.29 is 0 Å². The Morgan fingerprint density at radius 2 is 2.11 bits per heavy atom. The molecule has 0 unspecified atom stereocenters. The van der Waals surface area contributed by atoms with E-state index < -0.39 is 0 Å². The Morgan fingerprint density at radius 1 is 1.21 bits per heavy atom. The molecule has 0 aliphatic rings. The second kappa shape index (κ2) is 6.68. The Balaban J connectivity index is 2.15. The number of nitrogens with one attached hydrogen (secondary N) is 1. The molecule has 5 nitrogen and oxygen atoms in total. The summed E-state index contributed by atoms with van der Waals surface area (Å²) in [7, 11) is 0. The molecule has 0 atom stereocenters. The van der Waals surface area contributed by atoms with Crippen molar-refractivity contribution in [3.8, 4) is 0 Å². The Hall–Kier alpha value is -2.17. The third-order valence-electron chi connectivity index (χ3n) is 2.76. The molecule has 0 bridgehead atoms. The van der Waals surface area contributed by atoms with Crippen molar-refractivity contribution in [3.63, 3.8) is 0 Å². The Kier molecular flexibility index (Phi) is 4.66. The zero-order chi connectivity index (χ0) is 13.5. The number of hydrogen-bond acceptors (Lipinski definition) is 5. The fourth-order valence-electron chi connectivity index (χ4n) is 1.82. The zero-order valence-electron chi connectivity index (χ0n) is 11.4. The first-order valence-electron chi connectivity index (χ1n) is 6.54. The second-order valence-corrected chi connectivity index (χ2v) is 4.13. The maximum Gasteiger partial charge on any atom is 0.149 e. The lowest BCUT2D eigenvalue weighted by Gasteiger charge is -2.21. The summed E-state index contributed by atoms with van der Waals surface area (Å²) >= 11 is 0. The summed E-state index contributed by atoms with van der Waals surface area (Å²) in [6.07, 6.45) is 5.33. The summed E-state index contributed by atoms with van der Waals surface area (Å²) in [6.45, 7) is 6.58. The molecular formula is C14H19N5. The summed E-state index contributed by atoms with van der Waals surface area (Å²) < 4.78 is 0. The minimum absolute atomic E-state index is 0.738. The standard InChI is InChI=1S/C14H19N5/c1-3-16-13-9-15-10-14(18-13)19(4-2)11-12-7-5-6-8-17-12/h5-10H,3-4,11H2,1-2H3,(H,16,18). The van der Waals surface area contributed by atoms with Gasteiger partial charge in [-0.1, -0.05) is 6.07 Å². The van der Waals surface area contributed by atoms with E-state index in [-0.39, 0.29) is 0 Å². The van der Waals surface area contributed by atoms with E-state index >= 15 is 0 Å². The van der Waals surface area contributed by atoms with Crippen LogP contribution in [0.4, 0.5) is 11.6 Å². The summed E-state index contributed by atoms with van der Waals surface area (Å²) in [6, 6.07) is 5.94. The SMILES string of the molecule is CCNc1cncc(N(CC)Cc2ccccn2)n1. The predicted molar refractivity (Wildman–Crippen MR) is 77.2 cm³/mol. The van der Waals surface area contributed by atoms with Crippen LogP contribution in [-0.4, -0.2) is 28.0 Å². The molecular weight excluding hydrogens is 238 g/mol. The number of nitrogens with zero attached hydrogens (tertiary/aromatic N) is 4. The van der Waals surface area contributed by atoms with Crippen LogP contribution in [0.15, 0.2) is 36.8 Å². The van der Waals surface area contributed by atoms with E-state index in [2.05, 4.69) is 32.1 Å². The van der Waals surface area contributed by atoms with Gasteiger partial charge in [0.25, 0.3) is 0 Å². The number of anilines is 2. The van der Waals surface area contributed by atoms with E-state index in [1.807, 2.05) is 31.3 Å². The number of rotatable bonds is 6. The molecule has 0 aromatic carbocycles. The van der Waals surface area contributed by atoms with Gasteiger partial charge in [-0.3, -0.25) is 9.97 Å². The molecule has 2 aromatic heterocycles. The van der Waals surface area contributed by atoms with Gasteiger partial charge in [0.15, 0.2) is 0 Å². The van der Waals surface area contributed by atoms with Crippen LogP contribution in [0, 0.1) is 0 Å². The van der Waals surface area contributed by atoms with Crippen LogP contribution in [-0.2, 0) is 6.54 Å². The van der Waals surface area contributed by atoms with Crippen molar-refractivity contribution in [2.45, 2.75) is 20.4 Å². The Bertz CT molecular complexity index is 500. The zero-order valence-corrected chi connectivity index (χ0v) is 11.4. The molecule has 0 radical (unpaired) electrons. The van der Waals surface area contributed by atoms with Crippen molar-refractivity contribution in [1.29, 1.82) is 0 Å². The molecule has 19 heavy (non-hydrogen) atoms. The molecule has 5 heteroatoms. The van der Waals surface area contributed by atoms with E-state index in [1.165, 1.54) is 0 Å². The molecule has 2 rings (SSSR count). The lowest BCUT2D eigenvalue weighted by atomic mass is 10.3. The third kappa shape index (κ3) is 3.64. The van der Waals surface area contributed by atoms with Crippen LogP contribution in [0.5, 0.6) is 0 Å². The molecule has 0 saturated carbocycles. The average Bonchev–Trinajstić information content (AvgIpc) is 2.46. The van der Waals surface area contributed by atoms with Crippen molar-refractivity contribution in [2.75, 3.05) is 23.3 Å². The highest BCUT2D eigenvalue weighted by Crippen LogP contribution is 2.14. The maximum absolute atomic E-state index is 4.55. The van der Waals surface area contributed by atoms with Gasteiger partial charge in [-0.15, -0.1) is 0 Å². The van der Waals surface area contributed by atoms with E-state index in [0.29, 0.717) is 0 Å². The number of aromatic nitrogens is 3. The first-order chi connectivity index (χ1) is 9.33. The van der Waals surface area contributed by atoms with Gasteiger partial charge in [-0.2, -0.15) is 0 Å². The van der Waals surface area contributed by atoms with Gasteiger partial charge >= 0.3 is 0 Å². The fraction of sp³-hybridized carbons (Fsp3) is 0.357. The summed E-state index contributed by atoms with van der Waals surface area (Å²) in [5.41, 5.74) is 1.03. The predicted octanol–water partition coefficient (Wildman–Crippen LogP) is 2.33. The first-order valence-corrected chi connectivity index (χ1v) is 6.54. The second-order valence-electron chi connectivity index (χ2n) is 4.13. The van der Waals surface area contributed by atoms with E-state index in [4.69, 9.17) is 0 Å². The largest absolute Gasteiger partial charge is 0.369 e. The molecule has 1 N–H and O–H groups in total. The molecule has 2 aromatic rings. The smallest absolute Gasteiger partial charge is 0.149 e. The molecule has 0 aliphatic carbocycles. The van der Waals surface area contributed by atoms with Crippen LogP contribution in [0.3, 0.4) is 0 Å². The lowest BCUT2D eigenvalue weighted by Crippen LogP contribution is -2.24. The average molecular weight is 257 g/mol. The minimum Gasteiger partial charge on any atom is -0.369 e. The van der Waals surface area contributed by atoms with Crippen molar-refractivity contribution in [1.82, 2.24) is 15.0 Å². The van der Waals surface area contributed by atoms with E-state index in [9.17, 15) is 0 Å². The van der Waals surface area contributed by atoms with Crippen LogP contribution >= 0.6 is 0 Å². The van der Waals surface area contributed by atoms with Gasteiger partial charge in [-0.25, -0.2) is 4.98 Å². The van der Waals surface area contributed by atoms with Gasteiger partial charge in [0.1, 0.15) is 11.6 Å². The fourth-order valence-corrected chi connectivity index (χ4v) is 1.82. The highest BCUT2D eigenvalue weighted by Gasteiger charge is 2.08. The lowest BCUT2D eigenvalue weighted by molar-refractivity contribution is 0.790. The Labute approximate surface area is 113 Å². The molecule has 2 heterocycles. The molecule has 100 valence electrons. The van der Waals surface area contributed by atoms with Crippen LogP contribution in [0.25, 0.3) is 0 Å². The van der Waals surface area contributed by atoms with Gasteiger partial charge < -0.3 is 10.2 Å². The molecule has 0 saturated heterocycles. The van der Waals surface area contributed by atoms with Gasteiger partial charge in [0.2, 0.25) is 0 Å². The third-order valence-corrected chi connectivity index (χ3v) is 2.76. The van der Waals surface area contributed by atoms with E-state index in [1.54, 1.807) is 12.4 Å². The molecule has 0 spiro atoms. The van der Waals surface area contributed by atoms with Crippen LogP contribution in [0.2, 0.25) is 0 Å². The maximum atomic E-state index is 4.55. The summed E-state index contributed by atoms with van der Waals surface area (Å²) in [5, 5.41) is 3.17. The Morgan fingerprint density at radius 3 is 2.79 bits per heavy atom. The number of pyridine rings is 1. The van der Waals surface area contributed by atoms with Gasteiger partial charge in [0, 0.05) is 19.3 Å². The monoisotopic (exact) mass is 257 g/mol. The van der Waals surface area contributed by atoms with Crippen molar-refractivity contribution >= 4 is 11.6 Å². The normalized spacial score (nSPS) is 10.2. The highest BCUT2D eigenvalue weighted by molar-refractivity contribution is 5.43. The molecule has 0 fully saturated rings. The van der Waals surface area contributed by atoms with E-state index in [0.717, 1.165) is 37.0 Å². The van der Waals surface area contributed by atoms with Crippen molar-refractivity contribution in [2.24, 2.45) is 0 Å². The topological polar surface area (TPSA) is 53.9 Å². The molecule has 0 amide bonds. The minimum atomic E-state index is 0.738. The molecule has 0 aliphatic heterocycles. The summed E-state index contributed by atoms with van der Waals surface area (Å²) in [5.74, 6) is 1.67. The highest BCUT2D eigenvalue weighted by atomic mass is 15.2. The van der Waals surface area contributed by atoms with Gasteiger partial charge in [-0.05, 0) is 26.0 Å². The van der Waals surface area contributed by atoms with Crippen LogP contribution < -0.4 is 10.2 Å². The van der Waals surface area contributed by atoms with Crippen LogP contribution in [0.1, 0.15) is 19.5 Å². The first kappa shape index (κ1) is 13.3.